The summed E-state index contributed by atoms with van der Waals surface area (Å²) in [6.07, 6.45) is -0.767. The topological polar surface area (TPSA) is 72.8 Å². The van der Waals surface area contributed by atoms with E-state index in [2.05, 4.69) is 4.74 Å². The summed E-state index contributed by atoms with van der Waals surface area (Å²) in [5.74, 6) is -1.38. The minimum absolute atomic E-state index is 0.108. The monoisotopic (exact) mass is 202 g/mol. The number of hydrogen-bond donors (Lipinski definition) is 1. The van der Waals surface area contributed by atoms with Crippen molar-refractivity contribution in [3.05, 3.63) is 0 Å². The molecule has 1 fully saturated rings. The zero-order valence-electron chi connectivity index (χ0n) is 8.44. The fourth-order valence-corrected chi connectivity index (χ4v) is 1.76. The molecule has 1 aliphatic carbocycles. The Morgan fingerprint density at radius 3 is 2.36 bits per heavy atom. The maximum atomic E-state index is 10.7. The van der Waals surface area contributed by atoms with Crippen LogP contribution in [0.4, 0.5) is 4.79 Å². The number of rotatable bonds is 3. The number of carboxylic acid groups (broad SMARTS) is 1. The van der Waals surface area contributed by atoms with Gasteiger partial charge in [0.15, 0.2) is 0 Å². The van der Waals surface area contributed by atoms with Crippen LogP contribution in [-0.4, -0.2) is 30.9 Å². The molecule has 2 atom stereocenters. The van der Waals surface area contributed by atoms with Gasteiger partial charge in [-0.2, -0.15) is 0 Å². The fraction of sp³-hybridized carbons (Fsp3) is 0.778. The summed E-state index contributed by atoms with van der Waals surface area (Å²) in [7, 11) is 1.22. The fourth-order valence-electron chi connectivity index (χ4n) is 1.76. The van der Waals surface area contributed by atoms with E-state index in [0.717, 1.165) is 0 Å². The lowest BCUT2D eigenvalue weighted by molar-refractivity contribution is -0.139. The van der Waals surface area contributed by atoms with E-state index >= 15 is 0 Å². The number of carbonyl (C=O) groups is 2. The molecule has 14 heavy (non-hydrogen) atoms. The van der Waals surface area contributed by atoms with Gasteiger partial charge >= 0.3 is 12.1 Å². The molecule has 2 unspecified atom stereocenters. The molecule has 1 rings (SSSR count). The lowest BCUT2D eigenvalue weighted by Crippen LogP contribution is -2.09. The van der Waals surface area contributed by atoms with Crippen LogP contribution in [0, 0.1) is 17.3 Å². The van der Waals surface area contributed by atoms with E-state index in [9.17, 15) is 9.59 Å². The van der Waals surface area contributed by atoms with Crippen molar-refractivity contribution in [1.29, 1.82) is 0 Å². The predicted molar refractivity (Wildman–Crippen MR) is 46.8 cm³/mol. The van der Waals surface area contributed by atoms with Crippen molar-refractivity contribution in [2.24, 2.45) is 17.3 Å². The molecule has 5 nitrogen and oxygen atoms in total. The van der Waals surface area contributed by atoms with Crippen molar-refractivity contribution in [3.63, 3.8) is 0 Å². The molecule has 0 bridgehead atoms. The largest absolute Gasteiger partial charge is 0.507 e. The molecule has 0 saturated heterocycles. The van der Waals surface area contributed by atoms with Crippen molar-refractivity contribution < 1.29 is 24.2 Å². The van der Waals surface area contributed by atoms with E-state index < -0.39 is 18.0 Å². The molecule has 0 aromatic rings. The van der Waals surface area contributed by atoms with Gasteiger partial charge < -0.3 is 14.6 Å². The van der Waals surface area contributed by atoms with Crippen LogP contribution >= 0.6 is 0 Å². The van der Waals surface area contributed by atoms with Crippen molar-refractivity contribution in [3.8, 4) is 0 Å². The average molecular weight is 202 g/mol. The molecular formula is C9H14O5. The Hall–Kier alpha value is -1.26. The van der Waals surface area contributed by atoms with Crippen molar-refractivity contribution >= 4 is 12.1 Å². The molecule has 1 saturated carbocycles. The third-order valence-electron chi connectivity index (χ3n) is 2.86. The van der Waals surface area contributed by atoms with Gasteiger partial charge in [-0.15, -0.1) is 0 Å². The second kappa shape index (κ2) is 3.48. The Labute approximate surface area is 82.0 Å². The maximum Gasteiger partial charge on any atom is 0.507 e. The van der Waals surface area contributed by atoms with Gasteiger partial charge in [0.05, 0.1) is 19.6 Å². The third kappa shape index (κ3) is 1.81. The lowest BCUT2D eigenvalue weighted by atomic mass is 10.1. The summed E-state index contributed by atoms with van der Waals surface area (Å²) in [6, 6.07) is 0. The van der Waals surface area contributed by atoms with Gasteiger partial charge in [0.25, 0.3) is 0 Å². The van der Waals surface area contributed by atoms with Gasteiger partial charge in [0, 0.05) is 5.92 Å². The Morgan fingerprint density at radius 2 is 2.00 bits per heavy atom. The SMILES string of the molecule is COC(=O)OCC1C(C(=O)O)C1(C)C. The van der Waals surface area contributed by atoms with Crippen LogP contribution in [-0.2, 0) is 14.3 Å². The molecule has 0 aromatic heterocycles. The number of hydrogen-bond acceptors (Lipinski definition) is 4. The van der Waals surface area contributed by atoms with Gasteiger partial charge in [0.1, 0.15) is 0 Å². The Balaban J connectivity index is 2.41. The summed E-state index contributed by atoms with van der Waals surface area (Å²) in [5.41, 5.74) is -0.292. The molecule has 0 spiro atoms. The van der Waals surface area contributed by atoms with Gasteiger partial charge in [-0.25, -0.2) is 4.79 Å². The van der Waals surface area contributed by atoms with Crippen LogP contribution in [0.25, 0.3) is 0 Å². The molecule has 5 heteroatoms. The normalized spacial score (nSPS) is 27.9. The molecule has 0 heterocycles. The number of carboxylic acids is 1. The standard InChI is InChI=1S/C9H14O5/c1-9(2)5(6(9)7(10)11)4-14-8(12)13-3/h5-6H,4H2,1-3H3,(H,10,11). The van der Waals surface area contributed by atoms with Crippen molar-refractivity contribution in [2.45, 2.75) is 13.8 Å². The summed E-state index contributed by atoms with van der Waals surface area (Å²) in [5, 5.41) is 8.81. The zero-order chi connectivity index (χ0) is 10.9. The number of ether oxygens (including phenoxy) is 2. The van der Waals surface area contributed by atoms with E-state index in [1.807, 2.05) is 13.8 Å². The number of aliphatic carboxylic acids is 1. The van der Waals surface area contributed by atoms with Gasteiger partial charge in [-0.3, -0.25) is 4.79 Å². The highest BCUT2D eigenvalue weighted by atomic mass is 16.7. The molecule has 0 aliphatic heterocycles. The molecule has 1 aliphatic rings. The summed E-state index contributed by atoms with van der Waals surface area (Å²) >= 11 is 0. The summed E-state index contributed by atoms with van der Waals surface area (Å²) in [4.78, 5) is 21.4. The maximum absolute atomic E-state index is 10.7. The van der Waals surface area contributed by atoms with Gasteiger partial charge in [-0.1, -0.05) is 13.8 Å². The molecule has 1 N–H and O–H groups in total. The van der Waals surface area contributed by atoms with Crippen LogP contribution < -0.4 is 0 Å². The van der Waals surface area contributed by atoms with Crippen LogP contribution in [0.2, 0.25) is 0 Å². The predicted octanol–water partition coefficient (Wildman–Crippen LogP) is 1.13. The van der Waals surface area contributed by atoms with Crippen molar-refractivity contribution in [1.82, 2.24) is 0 Å². The van der Waals surface area contributed by atoms with E-state index in [1.54, 1.807) is 0 Å². The van der Waals surface area contributed by atoms with E-state index in [1.165, 1.54) is 7.11 Å². The average Bonchev–Trinajstić information content (AvgIpc) is 2.64. The number of methoxy groups -OCH3 is 1. The summed E-state index contributed by atoms with van der Waals surface area (Å²) < 4.78 is 8.99. The third-order valence-corrected chi connectivity index (χ3v) is 2.86. The smallest absolute Gasteiger partial charge is 0.481 e. The molecular weight excluding hydrogens is 188 g/mol. The second-order valence-electron chi connectivity index (χ2n) is 4.01. The van der Waals surface area contributed by atoms with Crippen LogP contribution in [0.1, 0.15) is 13.8 Å². The Kier molecular flexibility index (Phi) is 2.69. The Morgan fingerprint density at radius 1 is 1.43 bits per heavy atom. The Bertz CT molecular complexity index is 258. The van der Waals surface area contributed by atoms with E-state index in [0.29, 0.717) is 0 Å². The first-order chi connectivity index (χ1) is 6.41. The summed E-state index contributed by atoms with van der Waals surface area (Å²) in [6.45, 7) is 3.80. The van der Waals surface area contributed by atoms with Gasteiger partial charge in [-0.05, 0) is 5.41 Å². The van der Waals surface area contributed by atoms with Crippen LogP contribution in [0.15, 0.2) is 0 Å². The first-order valence-corrected chi connectivity index (χ1v) is 4.34. The second-order valence-corrected chi connectivity index (χ2v) is 4.01. The van der Waals surface area contributed by atoms with E-state index in [-0.39, 0.29) is 17.9 Å². The first kappa shape index (κ1) is 10.8. The molecule has 0 amide bonds. The van der Waals surface area contributed by atoms with E-state index in [4.69, 9.17) is 9.84 Å². The lowest BCUT2D eigenvalue weighted by Gasteiger charge is -2.03. The molecule has 80 valence electrons. The zero-order valence-corrected chi connectivity index (χ0v) is 8.44. The van der Waals surface area contributed by atoms with Gasteiger partial charge in [0.2, 0.25) is 0 Å². The first-order valence-electron chi connectivity index (χ1n) is 4.34. The van der Waals surface area contributed by atoms with Crippen molar-refractivity contribution in [2.75, 3.05) is 13.7 Å². The highest BCUT2D eigenvalue weighted by molar-refractivity contribution is 5.75. The highest BCUT2D eigenvalue weighted by Crippen LogP contribution is 2.58. The quantitative estimate of drug-likeness (QED) is 0.694. The highest BCUT2D eigenvalue weighted by Gasteiger charge is 2.62. The minimum atomic E-state index is -0.839. The van der Waals surface area contributed by atoms with Crippen LogP contribution in [0.3, 0.4) is 0 Å². The minimum Gasteiger partial charge on any atom is -0.481 e. The van der Waals surface area contributed by atoms with Crippen LogP contribution in [0.5, 0.6) is 0 Å². The molecule has 0 aromatic carbocycles. The molecule has 0 radical (unpaired) electrons. The number of carbonyl (C=O) groups excluding carboxylic acids is 1.